The summed E-state index contributed by atoms with van der Waals surface area (Å²) in [6.07, 6.45) is 1.97. The molecule has 2 aromatic rings. The highest BCUT2D eigenvalue weighted by Gasteiger charge is 2.38. The van der Waals surface area contributed by atoms with E-state index in [4.69, 9.17) is 0 Å². The van der Waals surface area contributed by atoms with Crippen LogP contribution >= 0.6 is 0 Å². The Labute approximate surface area is 169 Å². The lowest BCUT2D eigenvalue weighted by Gasteiger charge is -2.34. The molecule has 0 bridgehead atoms. The van der Waals surface area contributed by atoms with E-state index < -0.39 is 5.92 Å². The Morgan fingerprint density at radius 3 is 2.66 bits per heavy atom. The van der Waals surface area contributed by atoms with Crippen LogP contribution in [0.15, 0.2) is 71.1 Å². The molecule has 0 spiro atoms. The summed E-state index contributed by atoms with van der Waals surface area (Å²) in [6, 6.07) is 13.7. The third kappa shape index (κ3) is 3.60. The predicted molar refractivity (Wildman–Crippen MR) is 111 cm³/mol. The fourth-order valence-electron chi connectivity index (χ4n) is 4.21. The number of hydrogen-bond acceptors (Lipinski definition) is 3. The van der Waals surface area contributed by atoms with Crippen LogP contribution in [0.5, 0.6) is 0 Å². The van der Waals surface area contributed by atoms with E-state index in [0.29, 0.717) is 34.5 Å². The van der Waals surface area contributed by atoms with Gasteiger partial charge in [0.1, 0.15) is 5.82 Å². The number of amides is 1. The molecule has 0 radical (unpaired) electrons. The van der Waals surface area contributed by atoms with E-state index in [0.717, 1.165) is 24.1 Å². The number of aryl methyl sites for hydroxylation is 1. The van der Waals surface area contributed by atoms with Crippen LogP contribution in [-0.4, -0.2) is 11.7 Å². The smallest absolute Gasteiger partial charge is 0.254 e. The van der Waals surface area contributed by atoms with Gasteiger partial charge in [0.2, 0.25) is 0 Å². The fraction of sp³-hybridized carbons (Fsp3) is 0.250. The Morgan fingerprint density at radius 1 is 1.10 bits per heavy atom. The van der Waals surface area contributed by atoms with Crippen molar-refractivity contribution in [1.29, 1.82) is 0 Å². The maximum Gasteiger partial charge on any atom is 0.254 e. The van der Waals surface area contributed by atoms with E-state index in [2.05, 4.69) is 10.6 Å². The number of dihydropyridines is 1. The standard InChI is InChI=1S/C24H23FN2O2/c1-14-7-3-4-10-18(14)27-24(29)21-15(2)26-19-11-6-12-20(28)23(19)22(21)16-8-5-9-17(25)13-16/h3-5,7-10,13,22,26H,6,11-12H2,1-2H3,(H,27,29). The van der Waals surface area contributed by atoms with E-state index in [1.165, 1.54) is 12.1 Å². The largest absolute Gasteiger partial charge is 0.362 e. The van der Waals surface area contributed by atoms with Gasteiger partial charge < -0.3 is 10.6 Å². The molecule has 1 amide bonds. The van der Waals surface area contributed by atoms with Crippen molar-refractivity contribution in [2.75, 3.05) is 5.32 Å². The number of rotatable bonds is 3. The summed E-state index contributed by atoms with van der Waals surface area (Å²) in [5.74, 6) is -1.24. The third-order valence-electron chi connectivity index (χ3n) is 5.60. The monoisotopic (exact) mass is 390 g/mol. The van der Waals surface area contributed by atoms with Crippen molar-refractivity contribution in [3.8, 4) is 0 Å². The lowest BCUT2D eigenvalue weighted by molar-refractivity contribution is -0.116. The molecule has 1 aliphatic heterocycles. The number of carbonyl (C=O) groups is 2. The van der Waals surface area contributed by atoms with Crippen LogP contribution in [0, 0.1) is 12.7 Å². The second-order valence-electron chi connectivity index (χ2n) is 7.59. The SMILES string of the molecule is CC1=C(C(=O)Nc2ccccc2C)C(c2cccc(F)c2)C2=C(CCCC2=O)N1. The van der Waals surface area contributed by atoms with E-state index in [1.54, 1.807) is 12.1 Å². The molecule has 0 aromatic heterocycles. The number of Topliss-reactive ketones (excluding diaryl/α,β-unsaturated/α-hetero) is 1. The van der Waals surface area contributed by atoms with Crippen LogP contribution < -0.4 is 10.6 Å². The molecule has 1 atom stereocenters. The van der Waals surface area contributed by atoms with Crippen LogP contribution in [0.3, 0.4) is 0 Å². The van der Waals surface area contributed by atoms with Gasteiger partial charge in [-0.3, -0.25) is 9.59 Å². The zero-order valence-electron chi connectivity index (χ0n) is 16.5. The minimum Gasteiger partial charge on any atom is -0.362 e. The average Bonchev–Trinajstić information content (AvgIpc) is 2.69. The van der Waals surface area contributed by atoms with Gasteiger partial charge in [0, 0.05) is 40.6 Å². The zero-order valence-corrected chi connectivity index (χ0v) is 16.5. The highest BCUT2D eigenvalue weighted by molar-refractivity contribution is 6.10. The number of para-hydroxylation sites is 1. The number of hydrogen-bond donors (Lipinski definition) is 2. The van der Waals surface area contributed by atoms with Gasteiger partial charge in [-0.05, 0) is 56.0 Å². The first kappa shape index (κ1) is 19.1. The summed E-state index contributed by atoms with van der Waals surface area (Å²) >= 11 is 0. The second kappa shape index (κ2) is 7.66. The van der Waals surface area contributed by atoms with Gasteiger partial charge in [0.25, 0.3) is 5.91 Å². The first-order chi connectivity index (χ1) is 14.0. The van der Waals surface area contributed by atoms with E-state index in [9.17, 15) is 14.0 Å². The van der Waals surface area contributed by atoms with Crippen molar-refractivity contribution in [2.45, 2.75) is 39.0 Å². The number of halogens is 1. The van der Waals surface area contributed by atoms with Crippen molar-refractivity contribution < 1.29 is 14.0 Å². The van der Waals surface area contributed by atoms with Gasteiger partial charge in [0.15, 0.2) is 5.78 Å². The maximum atomic E-state index is 14.0. The Hall–Kier alpha value is -3.21. The Bertz CT molecular complexity index is 1070. The summed E-state index contributed by atoms with van der Waals surface area (Å²) in [5.41, 5.74) is 4.85. The van der Waals surface area contributed by atoms with E-state index in [1.807, 2.05) is 38.1 Å². The first-order valence-electron chi connectivity index (χ1n) is 9.82. The average molecular weight is 390 g/mol. The summed E-state index contributed by atoms with van der Waals surface area (Å²) in [7, 11) is 0. The van der Waals surface area contributed by atoms with E-state index >= 15 is 0 Å². The van der Waals surface area contributed by atoms with E-state index in [-0.39, 0.29) is 17.5 Å². The molecule has 1 aliphatic carbocycles. The molecule has 0 saturated heterocycles. The quantitative estimate of drug-likeness (QED) is 0.796. The summed E-state index contributed by atoms with van der Waals surface area (Å²) in [4.78, 5) is 26.2. The highest BCUT2D eigenvalue weighted by Crippen LogP contribution is 2.42. The molecule has 29 heavy (non-hydrogen) atoms. The van der Waals surface area contributed by atoms with Gasteiger partial charge in [-0.1, -0.05) is 30.3 Å². The number of ketones is 1. The molecule has 4 rings (SSSR count). The van der Waals surface area contributed by atoms with Crippen molar-refractivity contribution in [2.24, 2.45) is 0 Å². The number of anilines is 1. The van der Waals surface area contributed by atoms with Gasteiger partial charge >= 0.3 is 0 Å². The number of nitrogens with one attached hydrogen (secondary N) is 2. The third-order valence-corrected chi connectivity index (χ3v) is 5.60. The predicted octanol–water partition coefficient (Wildman–Crippen LogP) is 4.74. The van der Waals surface area contributed by atoms with Gasteiger partial charge in [-0.2, -0.15) is 0 Å². The molecule has 5 heteroatoms. The summed E-state index contributed by atoms with van der Waals surface area (Å²) in [6.45, 7) is 3.76. The maximum absolute atomic E-state index is 14.0. The normalized spacial score (nSPS) is 19.0. The molecule has 4 nitrogen and oxygen atoms in total. The van der Waals surface area contributed by atoms with Gasteiger partial charge in [-0.25, -0.2) is 4.39 Å². The van der Waals surface area contributed by atoms with Crippen molar-refractivity contribution in [3.63, 3.8) is 0 Å². The van der Waals surface area contributed by atoms with Crippen LogP contribution in [0.1, 0.15) is 43.2 Å². The van der Waals surface area contributed by atoms with Gasteiger partial charge in [0.05, 0.1) is 0 Å². The minimum absolute atomic E-state index is 0.0155. The fourth-order valence-corrected chi connectivity index (χ4v) is 4.21. The molecule has 2 aliphatic rings. The first-order valence-corrected chi connectivity index (χ1v) is 9.82. The second-order valence-corrected chi connectivity index (χ2v) is 7.59. The van der Waals surface area contributed by atoms with Crippen molar-refractivity contribution >= 4 is 17.4 Å². The van der Waals surface area contributed by atoms with Crippen LogP contribution in [-0.2, 0) is 9.59 Å². The molecule has 1 unspecified atom stereocenters. The Morgan fingerprint density at radius 2 is 1.90 bits per heavy atom. The number of allylic oxidation sites excluding steroid dienone is 3. The molecule has 1 heterocycles. The summed E-state index contributed by atoms with van der Waals surface area (Å²) < 4.78 is 14.0. The molecule has 0 fully saturated rings. The highest BCUT2D eigenvalue weighted by atomic mass is 19.1. The lowest BCUT2D eigenvalue weighted by Crippen LogP contribution is -2.35. The summed E-state index contributed by atoms with van der Waals surface area (Å²) in [5, 5.41) is 6.25. The van der Waals surface area contributed by atoms with Crippen LogP contribution in [0.2, 0.25) is 0 Å². The molecule has 2 N–H and O–H groups in total. The van der Waals surface area contributed by atoms with Gasteiger partial charge in [-0.15, -0.1) is 0 Å². The molecule has 148 valence electrons. The van der Waals surface area contributed by atoms with Crippen LogP contribution in [0.25, 0.3) is 0 Å². The molecule has 0 saturated carbocycles. The van der Waals surface area contributed by atoms with Crippen molar-refractivity contribution in [3.05, 3.63) is 88.0 Å². The minimum atomic E-state index is -0.584. The molecular weight excluding hydrogens is 367 g/mol. The molecular formula is C24H23FN2O2. The lowest BCUT2D eigenvalue weighted by atomic mass is 9.75. The number of benzene rings is 2. The van der Waals surface area contributed by atoms with Crippen molar-refractivity contribution in [1.82, 2.24) is 5.32 Å². The number of carbonyl (C=O) groups excluding carboxylic acids is 2. The topological polar surface area (TPSA) is 58.2 Å². The Kier molecular flexibility index (Phi) is 5.05. The van der Waals surface area contributed by atoms with Crippen LogP contribution in [0.4, 0.5) is 10.1 Å². The molecule has 2 aromatic carbocycles. The zero-order chi connectivity index (χ0) is 20.5. The Balaban J connectivity index is 1.81.